The molecule has 2 aliphatic rings. The minimum absolute atomic E-state index is 0.0310. The van der Waals surface area contributed by atoms with Crippen molar-refractivity contribution in [2.45, 2.75) is 20.0 Å². The maximum absolute atomic E-state index is 11.4. The Bertz CT molecular complexity index is 524. The number of carbonyl (C=O) groups is 1. The molecule has 1 aromatic rings. The molecule has 0 spiro atoms. The molecule has 0 radical (unpaired) electrons. The average molecular weight is 244 g/mol. The zero-order valence-corrected chi connectivity index (χ0v) is 10.6. The highest BCUT2D eigenvalue weighted by Crippen LogP contribution is 2.30. The molecule has 0 aliphatic carbocycles. The Balaban J connectivity index is 1.88. The van der Waals surface area contributed by atoms with Crippen LogP contribution < -0.4 is 0 Å². The second kappa shape index (κ2) is 4.12. The maximum Gasteiger partial charge on any atom is 0.219 e. The van der Waals surface area contributed by atoms with Crippen LogP contribution >= 0.6 is 0 Å². The molecule has 2 heterocycles. The first-order chi connectivity index (χ1) is 8.66. The minimum Gasteiger partial charge on any atom is -0.390 e. The summed E-state index contributed by atoms with van der Waals surface area (Å²) >= 11 is 0. The van der Waals surface area contributed by atoms with Crippen molar-refractivity contribution in [3.05, 3.63) is 35.4 Å². The second-order valence-corrected chi connectivity index (χ2v) is 4.97. The highest BCUT2D eigenvalue weighted by Gasteiger charge is 2.43. The highest BCUT2D eigenvalue weighted by molar-refractivity contribution is 6.04. The first kappa shape index (κ1) is 11.3. The fourth-order valence-corrected chi connectivity index (χ4v) is 2.70. The van der Waals surface area contributed by atoms with E-state index in [0.29, 0.717) is 13.1 Å². The fraction of sp³-hybridized carbons (Fsp3) is 0.429. The lowest BCUT2D eigenvalue weighted by Gasteiger charge is -2.14. The molecule has 2 atom stereocenters. The Labute approximate surface area is 106 Å². The maximum atomic E-state index is 11.4. The van der Waals surface area contributed by atoms with Gasteiger partial charge in [0.2, 0.25) is 5.91 Å². The summed E-state index contributed by atoms with van der Waals surface area (Å²) in [6.07, 6.45) is 0.0310. The van der Waals surface area contributed by atoms with E-state index in [4.69, 9.17) is 4.84 Å². The molecule has 4 nitrogen and oxygen atoms in total. The summed E-state index contributed by atoms with van der Waals surface area (Å²) in [5.41, 5.74) is 3.32. The molecule has 1 aromatic carbocycles. The number of hydrogen-bond donors (Lipinski definition) is 0. The van der Waals surface area contributed by atoms with Crippen molar-refractivity contribution >= 4 is 11.6 Å². The van der Waals surface area contributed by atoms with Crippen LogP contribution in [0.5, 0.6) is 0 Å². The van der Waals surface area contributed by atoms with Gasteiger partial charge >= 0.3 is 0 Å². The van der Waals surface area contributed by atoms with Gasteiger partial charge in [0, 0.05) is 19.0 Å². The van der Waals surface area contributed by atoms with E-state index >= 15 is 0 Å². The third kappa shape index (κ3) is 1.68. The molecule has 0 aromatic heterocycles. The molecule has 0 saturated carbocycles. The van der Waals surface area contributed by atoms with Gasteiger partial charge in [0.15, 0.2) is 6.10 Å². The molecular weight excluding hydrogens is 228 g/mol. The van der Waals surface area contributed by atoms with E-state index in [0.717, 1.165) is 11.3 Å². The summed E-state index contributed by atoms with van der Waals surface area (Å²) in [6.45, 7) is 5.04. The quantitative estimate of drug-likeness (QED) is 0.752. The highest BCUT2D eigenvalue weighted by atomic mass is 16.6. The molecule has 0 N–H and O–H groups in total. The minimum atomic E-state index is 0.0310. The van der Waals surface area contributed by atoms with Crippen LogP contribution in [0.1, 0.15) is 18.1 Å². The number of hydrogen-bond acceptors (Lipinski definition) is 3. The lowest BCUT2D eigenvalue weighted by atomic mass is 9.92. The van der Waals surface area contributed by atoms with E-state index < -0.39 is 0 Å². The van der Waals surface area contributed by atoms with E-state index in [1.807, 2.05) is 17.0 Å². The zero-order valence-electron chi connectivity index (χ0n) is 10.6. The molecule has 1 fully saturated rings. The van der Waals surface area contributed by atoms with Gasteiger partial charge in [0.05, 0.1) is 18.2 Å². The van der Waals surface area contributed by atoms with E-state index in [-0.39, 0.29) is 17.9 Å². The van der Waals surface area contributed by atoms with Gasteiger partial charge in [-0.1, -0.05) is 29.4 Å². The van der Waals surface area contributed by atoms with Crippen molar-refractivity contribution in [3.8, 4) is 0 Å². The van der Waals surface area contributed by atoms with Crippen LogP contribution in [0.4, 0.5) is 0 Å². The SMILES string of the molecule is CC(=O)N1CC2ON=C(c3ccccc3C)C2C1. The Morgan fingerprint density at radius 3 is 2.89 bits per heavy atom. The molecule has 3 rings (SSSR count). The number of fused-ring (bicyclic) bond motifs is 1. The fourth-order valence-electron chi connectivity index (χ4n) is 2.70. The number of rotatable bonds is 1. The third-order valence-electron chi connectivity index (χ3n) is 3.77. The van der Waals surface area contributed by atoms with Gasteiger partial charge in [-0.15, -0.1) is 0 Å². The average Bonchev–Trinajstić information content (AvgIpc) is 2.89. The van der Waals surface area contributed by atoms with E-state index in [1.54, 1.807) is 6.92 Å². The van der Waals surface area contributed by atoms with Crippen molar-refractivity contribution in [2.75, 3.05) is 13.1 Å². The number of carbonyl (C=O) groups excluding carboxylic acids is 1. The monoisotopic (exact) mass is 244 g/mol. The summed E-state index contributed by atoms with van der Waals surface area (Å²) in [6, 6.07) is 8.16. The van der Waals surface area contributed by atoms with E-state index in [2.05, 4.69) is 24.2 Å². The van der Waals surface area contributed by atoms with Crippen LogP contribution in [0.15, 0.2) is 29.4 Å². The standard InChI is InChI=1S/C14H16N2O2/c1-9-5-3-4-6-11(9)14-12-7-16(10(2)17)8-13(12)18-15-14/h3-6,12-13H,7-8H2,1-2H3. The molecule has 2 aliphatic heterocycles. The molecule has 4 heteroatoms. The van der Waals surface area contributed by atoms with Gasteiger partial charge in [0.1, 0.15) is 0 Å². The number of likely N-dealkylation sites (tertiary alicyclic amines) is 1. The van der Waals surface area contributed by atoms with E-state index in [1.165, 1.54) is 5.56 Å². The van der Waals surface area contributed by atoms with Crippen LogP contribution in [0, 0.1) is 12.8 Å². The summed E-state index contributed by atoms with van der Waals surface area (Å²) < 4.78 is 0. The predicted octanol–water partition coefficient (Wildman–Crippen LogP) is 1.58. The van der Waals surface area contributed by atoms with Crippen LogP contribution in [0.2, 0.25) is 0 Å². The second-order valence-electron chi connectivity index (χ2n) is 4.97. The molecule has 2 unspecified atom stereocenters. The Morgan fingerprint density at radius 1 is 1.39 bits per heavy atom. The lowest BCUT2D eigenvalue weighted by molar-refractivity contribution is -0.128. The first-order valence-electron chi connectivity index (χ1n) is 6.22. The number of nitrogens with zero attached hydrogens (tertiary/aromatic N) is 2. The number of benzene rings is 1. The summed E-state index contributed by atoms with van der Waals surface area (Å²) in [5, 5.41) is 4.22. The van der Waals surface area contributed by atoms with Gasteiger partial charge in [-0.25, -0.2) is 0 Å². The first-order valence-corrected chi connectivity index (χ1v) is 6.22. The lowest BCUT2D eigenvalue weighted by Crippen LogP contribution is -2.28. The largest absolute Gasteiger partial charge is 0.390 e. The van der Waals surface area contributed by atoms with Crippen molar-refractivity contribution in [1.82, 2.24) is 4.90 Å². The van der Waals surface area contributed by atoms with Crippen molar-refractivity contribution < 1.29 is 9.63 Å². The van der Waals surface area contributed by atoms with Gasteiger partial charge in [-0.3, -0.25) is 4.79 Å². The smallest absolute Gasteiger partial charge is 0.219 e. The summed E-state index contributed by atoms with van der Waals surface area (Å²) in [4.78, 5) is 18.7. The molecule has 0 bridgehead atoms. The van der Waals surface area contributed by atoms with Crippen molar-refractivity contribution in [1.29, 1.82) is 0 Å². The van der Waals surface area contributed by atoms with Crippen LogP contribution in [-0.2, 0) is 9.63 Å². The molecule has 1 saturated heterocycles. The Morgan fingerprint density at radius 2 is 2.17 bits per heavy atom. The zero-order chi connectivity index (χ0) is 12.7. The van der Waals surface area contributed by atoms with Gasteiger partial charge in [-0.2, -0.15) is 0 Å². The topological polar surface area (TPSA) is 41.9 Å². The molecule has 18 heavy (non-hydrogen) atoms. The van der Waals surface area contributed by atoms with Crippen molar-refractivity contribution in [3.63, 3.8) is 0 Å². The van der Waals surface area contributed by atoms with E-state index in [9.17, 15) is 4.79 Å². The molecular formula is C14H16N2O2. The third-order valence-corrected chi connectivity index (χ3v) is 3.77. The van der Waals surface area contributed by atoms with Crippen LogP contribution in [0.25, 0.3) is 0 Å². The van der Waals surface area contributed by atoms with Crippen LogP contribution in [0.3, 0.4) is 0 Å². The number of aryl methyl sites for hydroxylation is 1. The van der Waals surface area contributed by atoms with Gasteiger partial charge in [0.25, 0.3) is 0 Å². The summed E-state index contributed by atoms with van der Waals surface area (Å²) in [5.74, 6) is 0.326. The number of amides is 1. The van der Waals surface area contributed by atoms with Crippen LogP contribution in [-0.4, -0.2) is 35.7 Å². The Hall–Kier alpha value is -1.84. The molecule has 94 valence electrons. The molecule has 1 amide bonds. The normalized spacial score (nSPS) is 25.7. The summed E-state index contributed by atoms with van der Waals surface area (Å²) in [7, 11) is 0. The van der Waals surface area contributed by atoms with Gasteiger partial charge in [-0.05, 0) is 12.5 Å². The number of oxime groups is 1. The predicted molar refractivity (Wildman–Crippen MR) is 68.3 cm³/mol. The Kier molecular flexibility index (Phi) is 2.58. The van der Waals surface area contributed by atoms with Gasteiger partial charge < -0.3 is 9.74 Å². The van der Waals surface area contributed by atoms with Crippen molar-refractivity contribution in [2.24, 2.45) is 11.1 Å².